The number of benzene rings is 1. The lowest BCUT2D eigenvalue weighted by Crippen LogP contribution is -2.46. The third kappa shape index (κ3) is 6.43. The second-order valence-electron chi connectivity index (χ2n) is 5.39. The number of rotatable bonds is 8. The lowest BCUT2D eigenvalue weighted by Gasteiger charge is -2.18. The molecule has 25 heavy (non-hydrogen) atoms. The Kier molecular flexibility index (Phi) is 7.39. The highest BCUT2D eigenvalue weighted by Gasteiger charge is 2.31. The van der Waals surface area contributed by atoms with Crippen molar-refractivity contribution in [1.29, 1.82) is 5.26 Å². The van der Waals surface area contributed by atoms with E-state index in [0.717, 1.165) is 24.3 Å². The Labute approximate surface area is 142 Å². The number of halogens is 3. The first kappa shape index (κ1) is 20.4. The van der Waals surface area contributed by atoms with E-state index in [1.807, 2.05) is 6.07 Å². The Balaban J connectivity index is 2.70. The minimum atomic E-state index is -4.52. The zero-order valence-corrected chi connectivity index (χ0v) is 13.2. The van der Waals surface area contributed by atoms with Crippen LogP contribution < -0.4 is 11.1 Å². The first-order valence-corrected chi connectivity index (χ1v) is 7.48. The minimum Gasteiger partial charge on any atom is -0.378 e. The van der Waals surface area contributed by atoms with Crippen molar-refractivity contribution in [3.8, 4) is 6.07 Å². The molecule has 1 rings (SSSR count). The Hall–Kier alpha value is -2.60. The average molecular weight is 357 g/mol. The number of carbonyl (C=O) groups is 2. The summed E-state index contributed by atoms with van der Waals surface area (Å²) in [5.41, 5.74) is 4.23. The third-order valence-corrected chi connectivity index (χ3v) is 3.49. The van der Waals surface area contributed by atoms with Crippen LogP contribution in [0.1, 0.15) is 42.9 Å². The van der Waals surface area contributed by atoms with Gasteiger partial charge in [0.15, 0.2) is 6.10 Å². The molecule has 1 aromatic carbocycles. The minimum absolute atomic E-state index is 0.0433. The van der Waals surface area contributed by atoms with E-state index in [0.29, 0.717) is 19.3 Å². The molecule has 0 saturated heterocycles. The summed E-state index contributed by atoms with van der Waals surface area (Å²) >= 11 is 0. The van der Waals surface area contributed by atoms with Gasteiger partial charge in [-0.2, -0.15) is 18.4 Å². The summed E-state index contributed by atoms with van der Waals surface area (Å²) in [5.74, 6) is -1.74. The van der Waals surface area contributed by atoms with Crippen LogP contribution in [-0.4, -0.2) is 23.0 Å². The molecule has 6 nitrogen and oxygen atoms in total. The molecule has 1 aromatic rings. The van der Waals surface area contributed by atoms with Gasteiger partial charge >= 0.3 is 6.18 Å². The van der Waals surface area contributed by atoms with E-state index in [9.17, 15) is 27.9 Å². The van der Waals surface area contributed by atoms with Crippen molar-refractivity contribution in [2.45, 2.75) is 44.0 Å². The molecular formula is C16H18F3N3O3. The molecule has 0 aliphatic rings. The summed E-state index contributed by atoms with van der Waals surface area (Å²) in [6.07, 6.45) is -4.76. The molecule has 2 atom stereocenters. The van der Waals surface area contributed by atoms with Gasteiger partial charge in [0.2, 0.25) is 5.91 Å². The number of hydrogen-bond donors (Lipinski definition) is 3. The monoisotopic (exact) mass is 357 g/mol. The van der Waals surface area contributed by atoms with Crippen molar-refractivity contribution in [3.05, 3.63) is 35.4 Å². The molecule has 0 saturated carbocycles. The standard InChI is InChI=1S/C16H18F3N3O3/c17-16(18,19)11-7-5-10(6-8-11)13(23)15(25)22-12(14(21)24)4-2-1-3-9-20/h5-8,12-13,23H,1-4H2,(H2,21,24)(H,22,25)/t12-,13-/m0/s1. The predicted octanol–water partition coefficient (Wildman–Crippen LogP) is 1.79. The number of hydrogen-bond acceptors (Lipinski definition) is 4. The van der Waals surface area contributed by atoms with Gasteiger partial charge in [-0.05, 0) is 37.0 Å². The van der Waals surface area contributed by atoms with E-state index in [1.165, 1.54) is 0 Å². The first-order chi connectivity index (χ1) is 11.7. The maximum absolute atomic E-state index is 12.5. The van der Waals surface area contributed by atoms with Gasteiger partial charge in [0, 0.05) is 6.42 Å². The molecule has 0 bridgehead atoms. The Morgan fingerprint density at radius 3 is 2.32 bits per heavy atom. The summed E-state index contributed by atoms with van der Waals surface area (Å²) in [6.45, 7) is 0. The molecule has 2 amide bonds. The molecule has 0 heterocycles. The zero-order chi connectivity index (χ0) is 19.0. The van der Waals surface area contributed by atoms with Gasteiger partial charge in [0.25, 0.3) is 5.91 Å². The molecule has 0 radical (unpaired) electrons. The van der Waals surface area contributed by atoms with Gasteiger partial charge < -0.3 is 16.2 Å². The van der Waals surface area contributed by atoms with Crippen LogP contribution in [0.25, 0.3) is 0 Å². The fraction of sp³-hybridized carbons (Fsp3) is 0.438. The number of aliphatic hydroxyl groups is 1. The number of nitrogens with one attached hydrogen (secondary N) is 1. The summed E-state index contributed by atoms with van der Waals surface area (Å²) < 4.78 is 37.5. The number of unbranched alkanes of at least 4 members (excludes halogenated alkanes) is 2. The van der Waals surface area contributed by atoms with Crippen molar-refractivity contribution < 1.29 is 27.9 Å². The van der Waals surface area contributed by atoms with Gasteiger partial charge in [-0.1, -0.05) is 12.1 Å². The number of amides is 2. The van der Waals surface area contributed by atoms with E-state index in [-0.39, 0.29) is 12.0 Å². The van der Waals surface area contributed by atoms with Crippen LogP contribution in [-0.2, 0) is 15.8 Å². The van der Waals surface area contributed by atoms with Gasteiger partial charge in [0.05, 0.1) is 11.6 Å². The number of primary amides is 1. The van der Waals surface area contributed by atoms with E-state index >= 15 is 0 Å². The van der Waals surface area contributed by atoms with Crippen LogP contribution >= 0.6 is 0 Å². The molecule has 0 aliphatic heterocycles. The van der Waals surface area contributed by atoms with Crippen LogP contribution in [0.3, 0.4) is 0 Å². The fourth-order valence-electron chi connectivity index (χ4n) is 2.09. The predicted molar refractivity (Wildman–Crippen MR) is 81.6 cm³/mol. The van der Waals surface area contributed by atoms with Crippen molar-refractivity contribution >= 4 is 11.8 Å². The Morgan fingerprint density at radius 1 is 1.24 bits per heavy atom. The number of nitrogens with zero attached hydrogens (tertiary/aromatic N) is 1. The maximum atomic E-state index is 12.5. The Bertz CT molecular complexity index is 639. The largest absolute Gasteiger partial charge is 0.416 e. The zero-order valence-electron chi connectivity index (χ0n) is 13.2. The average Bonchev–Trinajstić information content (AvgIpc) is 2.55. The molecular weight excluding hydrogens is 339 g/mol. The molecule has 0 aliphatic carbocycles. The molecule has 4 N–H and O–H groups in total. The summed E-state index contributed by atoms with van der Waals surface area (Å²) in [5, 5.41) is 20.6. The second-order valence-corrected chi connectivity index (χ2v) is 5.39. The number of alkyl halides is 3. The lowest BCUT2D eigenvalue weighted by atomic mass is 10.0. The van der Waals surface area contributed by atoms with E-state index in [4.69, 9.17) is 11.0 Å². The van der Waals surface area contributed by atoms with E-state index < -0.39 is 35.7 Å². The highest BCUT2D eigenvalue weighted by atomic mass is 19.4. The third-order valence-electron chi connectivity index (χ3n) is 3.49. The molecule has 0 unspecified atom stereocenters. The maximum Gasteiger partial charge on any atom is 0.416 e. The van der Waals surface area contributed by atoms with Crippen LogP contribution in [0.2, 0.25) is 0 Å². The van der Waals surface area contributed by atoms with Crippen LogP contribution in [0.4, 0.5) is 13.2 Å². The number of nitrogens with two attached hydrogens (primary N) is 1. The van der Waals surface area contributed by atoms with Crippen LogP contribution in [0.15, 0.2) is 24.3 Å². The second kappa shape index (κ2) is 9.03. The van der Waals surface area contributed by atoms with Gasteiger partial charge in [0.1, 0.15) is 6.04 Å². The quantitative estimate of drug-likeness (QED) is 0.615. The van der Waals surface area contributed by atoms with Crippen molar-refractivity contribution in [3.63, 3.8) is 0 Å². The van der Waals surface area contributed by atoms with Crippen molar-refractivity contribution in [2.24, 2.45) is 5.73 Å². The highest BCUT2D eigenvalue weighted by Crippen LogP contribution is 2.29. The van der Waals surface area contributed by atoms with E-state index in [2.05, 4.69) is 5.32 Å². The summed E-state index contributed by atoms with van der Waals surface area (Å²) in [4.78, 5) is 23.3. The van der Waals surface area contributed by atoms with Gasteiger partial charge in [-0.3, -0.25) is 9.59 Å². The molecule has 0 spiro atoms. The van der Waals surface area contributed by atoms with Crippen LogP contribution in [0.5, 0.6) is 0 Å². The lowest BCUT2D eigenvalue weighted by molar-refractivity contribution is -0.137. The van der Waals surface area contributed by atoms with Gasteiger partial charge in [-0.25, -0.2) is 0 Å². The highest BCUT2D eigenvalue weighted by molar-refractivity contribution is 5.88. The molecule has 9 heteroatoms. The fourth-order valence-corrected chi connectivity index (χ4v) is 2.09. The SMILES string of the molecule is N#CCCCC[C@H](NC(=O)[C@@H](O)c1ccc(C(F)(F)F)cc1)C(N)=O. The van der Waals surface area contributed by atoms with Gasteiger partial charge in [-0.15, -0.1) is 0 Å². The van der Waals surface area contributed by atoms with Crippen molar-refractivity contribution in [1.82, 2.24) is 5.32 Å². The summed E-state index contributed by atoms with van der Waals surface area (Å²) in [7, 11) is 0. The van der Waals surface area contributed by atoms with Crippen molar-refractivity contribution in [2.75, 3.05) is 0 Å². The summed E-state index contributed by atoms with van der Waals surface area (Å²) in [6, 6.07) is 4.38. The molecule has 136 valence electrons. The molecule has 0 aromatic heterocycles. The molecule has 0 fully saturated rings. The smallest absolute Gasteiger partial charge is 0.378 e. The number of aliphatic hydroxyl groups excluding tert-OH is 1. The normalized spacial score (nSPS) is 13.6. The Morgan fingerprint density at radius 2 is 1.84 bits per heavy atom. The number of nitriles is 1. The number of carbonyl (C=O) groups excluding carboxylic acids is 2. The topological polar surface area (TPSA) is 116 Å². The first-order valence-electron chi connectivity index (χ1n) is 7.48. The van der Waals surface area contributed by atoms with Crippen LogP contribution in [0, 0.1) is 11.3 Å². The van der Waals surface area contributed by atoms with E-state index in [1.54, 1.807) is 0 Å².